The van der Waals surface area contributed by atoms with Crippen molar-refractivity contribution < 1.29 is 19.1 Å². The van der Waals surface area contributed by atoms with Crippen LogP contribution in [0.4, 0.5) is 11.4 Å². The zero-order valence-corrected chi connectivity index (χ0v) is 18.7. The van der Waals surface area contributed by atoms with E-state index in [1.807, 2.05) is 0 Å². The number of carbonyl (C=O) groups is 3. The number of para-hydroxylation sites is 1. The third-order valence-electron chi connectivity index (χ3n) is 4.38. The highest BCUT2D eigenvalue weighted by atomic mass is 32.2. The summed E-state index contributed by atoms with van der Waals surface area (Å²) in [5.74, 6) is -1.01. The molecule has 2 aromatic carbocycles. The maximum absolute atomic E-state index is 12.6. The minimum atomic E-state index is -0.496. The Morgan fingerprint density at radius 1 is 1.00 bits per heavy atom. The third-order valence-corrected chi connectivity index (χ3v) is 5.25. The molecule has 33 heavy (non-hydrogen) atoms. The molecule has 0 fully saturated rings. The van der Waals surface area contributed by atoms with Crippen LogP contribution in [0.3, 0.4) is 0 Å². The van der Waals surface area contributed by atoms with Crippen LogP contribution in [0.1, 0.15) is 23.7 Å². The highest BCUT2D eigenvalue weighted by molar-refractivity contribution is 7.99. The molecule has 0 aliphatic carbocycles. The number of hydrogen-bond acceptors (Lipinski definition) is 8. The molecular formula is C22H21N5O5S. The minimum absolute atomic E-state index is 0.0220. The predicted octanol–water partition coefficient (Wildman–Crippen LogP) is 2.70. The molecule has 0 spiro atoms. The van der Waals surface area contributed by atoms with Crippen molar-refractivity contribution >= 4 is 40.9 Å². The van der Waals surface area contributed by atoms with Crippen molar-refractivity contribution in [2.24, 2.45) is 0 Å². The van der Waals surface area contributed by atoms with Gasteiger partial charge in [0.25, 0.3) is 5.56 Å². The second-order valence-corrected chi connectivity index (χ2v) is 7.63. The van der Waals surface area contributed by atoms with Gasteiger partial charge < -0.3 is 15.4 Å². The first kappa shape index (κ1) is 23.7. The van der Waals surface area contributed by atoms with E-state index in [2.05, 4.69) is 30.6 Å². The summed E-state index contributed by atoms with van der Waals surface area (Å²) in [5, 5.41) is 13.6. The summed E-state index contributed by atoms with van der Waals surface area (Å²) in [5.41, 5.74) is 1.34. The van der Waals surface area contributed by atoms with Gasteiger partial charge in [-0.25, -0.2) is 4.79 Å². The number of aromatic amines is 1. The van der Waals surface area contributed by atoms with Crippen molar-refractivity contribution in [1.82, 2.24) is 15.2 Å². The van der Waals surface area contributed by atoms with Gasteiger partial charge in [0.15, 0.2) is 10.9 Å². The number of anilines is 2. The van der Waals surface area contributed by atoms with Gasteiger partial charge in [0, 0.05) is 17.7 Å². The van der Waals surface area contributed by atoms with Gasteiger partial charge >= 0.3 is 5.97 Å². The Balaban J connectivity index is 1.64. The van der Waals surface area contributed by atoms with Crippen molar-refractivity contribution in [2.45, 2.75) is 18.5 Å². The molecular weight excluding hydrogens is 446 g/mol. The summed E-state index contributed by atoms with van der Waals surface area (Å²) in [4.78, 5) is 50.6. The summed E-state index contributed by atoms with van der Waals surface area (Å²) in [7, 11) is 1.29. The smallest absolute Gasteiger partial charge is 0.337 e. The second-order valence-electron chi connectivity index (χ2n) is 6.66. The number of ether oxygens (including phenoxy) is 1. The third kappa shape index (κ3) is 6.26. The lowest BCUT2D eigenvalue weighted by Gasteiger charge is -2.09. The van der Waals surface area contributed by atoms with Gasteiger partial charge in [0.05, 0.1) is 24.1 Å². The van der Waals surface area contributed by atoms with Crippen LogP contribution < -0.4 is 16.2 Å². The standard InChI is InChI=1S/C22H21N5O5S/c1-3-17(28)24-16-7-5-4-6-15(16)19-20(30)25-22(27-26-19)33-12-18(29)23-14-10-8-13(9-11-14)21(31)32-2/h4-11H,3,12H2,1-2H3,(H,23,29)(H,24,28)(H,25,27,30). The molecule has 3 N–H and O–H groups in total. The van der Waals surface area contributed by atoms with Crippen LogP contribution in [-0.2, 0) is 14.3 Å². The molecule has 0 saturated carbocycles. The van der Waals surface area contributed by atoms with Crippen molar-refractivity contribution in [3.63, 3.8) is 0 Å². The SMILES string of the molecule is CCC(=O)Nc1ccccc1-c1nnc(SCC(=O)Nc2ccc(C(=O)OC)cc2)[nH]c1=O. The Kier molecular flexibility index (Phi) is 7.92. The molecule has 3 aromatic rings. The molecule has 0 bridgehead atoms. The Morgan fingerprint density at radius 2 is 1.73 bits per heavy atom. The van der Waals surface area contributed by atoms with E-state index in [4.69, 9.17) is 0 Å². The molecule has 11 heteroatoms. The minimum Gasteiger partial charge on any atom is -0.465 e. The first-order valence-corrected chi connectivity index (χ1v) is 10.9. The van der Waals surface area contributed by atoms with E-state index < -0.39 is 11.5 Å². The maximum atomic E-state index is 12.6. The summed E-state index contributed by atoms with van der Waals surface area (Å²) < 4.78 is 4.63. The molecule has 0 aliphatic rings. The van der Waals surface area contributed by atoms with Gasteiger partial charge in [0.2, 0.25) is 11.8 Å². The highest BCUT2D eigenvalue weighted by Crippen LogP contribution is 2.24. The first-order valence-electron chi connectivity index (χ1n) is 9.88. The van der Waals surface area contributed by atoms with Crippen LogP contribution in [0.5, 0.6) is 0 Å². The van der Waals surface area contributed by atoms with Crippen LogP contribution in [0.15, 0.2) is 58.5 Å². The fraction of sp³-hybridized carbons (Fsp3) is 0.182. The van der Waals surface area contributed by atoms with Gasteiger partial charge in [-0.3, -0.25) is 19.4 Å². The number of nitrogens with one attached hydrogen (secondary N) is 3. The topological polar surface area (TPSA) is 143 Å². The number of esters is 1. The molecule has 10 nitrogen and oxygen atoms in total. The normalized spacial score (nSPS) is 10.4. The van der Waals surface area contributed by atoms with Gasteiger partial charge in [-0.15, -0.1) is 10.2 Å². The number of rotatable bonds is 8. The molecule has 0 saturated heterocycles. The van der Waals surface area contributed by atoms with E-state index in [1.165, 1.54) is 19.2 Å². The van der Waals surface area contributed by atoms with E-state index in [0.29, 0.717) is 28.9 Å². The monoisotopic (exact) mass is 467 g/mol. The number of nitrogens with zero attached hydrogens (tertiary/aromatic N) is 2. The van der Waals surface area contributed by atoms with Crippen LogP contribution >= 0.6 is 11.8 Å². The Hall–Kier alpha value is -3.99. The number of aromatic nitrogens is 3. The van der Waals surface area contributed by atoms with Crippen molar-refractivity contribution in [3.05, 3.63) is 64.4 Å². The molecule has 0 atom stereocenters. The number of hydrogen-bond donors (Lipinski definition) is 3. The molecule has 170 valence electrons. The fourth-order valence-electron chi connectivity index (χ4n) is 2.74. The summed E-state index contributed by atoms with van der Waals surface area (Å²) in [6, 6.07) is 13.0. The van der Waals surface area contributed by atoms with Crippen molar-refractivity contribution in [1.29, 1.82) is 0 Å². The molecule has 3 rings (SSSR count). The van der Waals surface area contributed by atoms with E-state index in [0.717, 1.165) is 11.8 Å². The average Bonchev–Trinajstić information content (AvgIpc) is 2.83. The Labute approximate surface area is 193 Å². The van der Waals surface area contributed by atoms with Crippen LogP contribution in [0.25, 0.3) is 11.3 Å². The van der Waals surface area contributed by atoms with E-state index in [1.54, 1.807) is 43.3 Å². The molecule has 2 amide bonds. The number of H-pyrrole nitrogens is 1. The van der Waals surface area contributed by atoms with Gasteiger partial charge in [0.1, 0.15) is 0 Å². The molecule has 1 aromatic heterocycles. The number of carbonyl (C=O) groups excluding carboxylic acids is 3. The number of amides is 2. The molecule has 0 radical (unpaired) electrons. The van der Waals surface area contributed by atoms with Crippen molar-refractivity contribution in [2.75, 3.05) is 23.5 Å². The zero-order valence-electron chi connectivity index (χ0n) is 17.9. The average molecular weight is 468 g/mol. The summed E-state index contributed by atoms with van der Waals surface area (Å²) in [6.07, 6.45) is 0.295. The maximum Gasteiger partial charge on any atom is 0.337 e. The molecule has 0 unspecified atom stereocenters. The highest BCUT2D eigenvalue weighted by Gasteiger charge is 2.14. The lowest BCUT2D eigenvalue weighted by molar-refractivity contribution is -0.116. The van der Waals surface area contributed by atoms with Crippen LogP contribution in [0, 0.1) is 0 Å². The Bertz CT molecular complexity index is 1230. The van der Waals surface area contributed by atoms with E-state index in [9.17, 15) is 19.2 Å². The molecule has 1 heterocycles. The molecule has 0 aliphatic heterocycles. The van der Waals surface area contributed by atoms with E-state index in [-0.39, 0.29) is 28.4 Å². The van der Waals surface area contributed by atoms with E-state index >= 15 is 0 Å². The summed E-state index contributed by atoms with van der Waals surface area (Å²) >= 11 is 1.01. The van der Waals surface area contributed by atoms with Gasteiger partial charge in [-0.2, -0.15) is 0 Å². The predicted molar refractivity (Wildman–Crippen MR) is 124 cm³/mol. The van der Waals surface area contributed by atoms with Gasteiger partial charge in [-0.1, -0.05) is 36.9 Å². The zero-order chi connectivity index (χ0) is 23.8. The number of benzene rings is 2. The van der Waals surface area contributed by atoms with Gasteiger partial charge in [-0.05, 0) is 30.3 Å². The second kappa shape index (κ2) is 11.0. The quantitative estimate of drug-likeness (QED) is 0.339. The lowest BCUT2D eigenvalue weighted by Crippen LogP contribution is -2.18. The number of methoxy groups -OCH3 is 1. The van der Waals surface area contributed by atoms with Crippen LogP contribution in [0.2, 0.25) is 0 Å². The summed E-state index contributed by atoms with van der Waals surface area (Å²) in [6.45, 7) is 1.73. The first-order chi connectivity index (χ1) is 15.9. The number of thioether (sulfide) groups is 1. The van der Waals surface area contributed by atoms with Crippen LogP contribution in [-0.4, -0.2) is 45.8 Å². The Morgan fingerprint density at radius 3 is 2.39 bits per heavy atom. The fourth-order valence-corrected chi connectivity index (χ4v) is 3.34. The van der Waals surface area contributed by atoms with Crippen molar-refractivity contribution in [3.8, 4) is 11.3 Å². The lowest BCUT2D eigenvalue weighted by atomic mass is 10.1. The largest absolute Gasteiger partial charge is 0.465 e.